The summed E-state index contributed by atoms with van der Waals surface area (Å²) in [6, 6.07) is 0. The zero-order valence-electron chi connectivity index (χ0n) is 16.5. The first-order valence-electron chi connectivity index (χ1n) is 8.72. The summed E-state index contributed by atoms with van der Waals surface area (Å²) >= 11 is 0. The molecule has 23 heavy (non-hydrogen) atoms. The van der Waals surface area contributed by atoms with Gasteiger partial charge >= 0.3 is 0 Å². The van der Waals surface area contributed by atoms with Crippen molar-refractivity contribution < 1.29 is 14.3 Å². The molecule has 1 aliphatic rings. The summed E-state index contributed by atoms with van der Waals surface area (Å²) in [5.41, 5.74) is -1.30. The van der Waals surface area contributed by atoms with Gasteiger partial charge in [0.15, 0.2) is 14.1 Å². The SMILES string of the molecule is CC(=O)/C=C/[C@@]1(O)[C@@H](C)C[C@@H](O[Si](C)(C)C(C)(C)C)CC1(C)C. The van der Waals surface area contributed by atoms with Crippen LogP contribution in [-0.2, 0) is 9.22 Å². The normalized spacial score (nSPS) is 32.3. The molecule has 0 aromatic heterocycles. The molecule has 0 bridgehead atoms. The molecule has 0 heterocycles. The number of rotatable bonds is 4. The molecule has 134 valence electrons. The van der Waals surface area contributed by atoms with E-state index in [1.54, 1.807) is 6.08 Å². The van der Waals surface area contributed by atoms with E-state index in [9.17, 15) is 9.90 Å². The highest BCUT2D eigenvalue weighted by Gasteiger charge is 2.52. The maximum absolute atomic E-state index is 11.3. The lowest BCUT2D eigenvalue weighted by molar-refractivity contribution is -0.125. The van der Waals surface area contributed by atoms with Crippen molar-refractivity contribution in [1.29, 1.82) is 0 Å². The smallest absolute Gasteiger partial charge is 0.192 e. The van der Waals surface area contributed by atoms with Crippen LogP contribution in [0.1, 0.15) is 61.3 Å². The van der Waals surface area contributed by atoms with Crippen molar-refractivity contribution in [2.75, 3.05) is 0 Å². The molecular formula is C19H36O3Si. The Balaban J connectivity index is 3.00. The fourth-order valence-electron chi connectivity index (χ4n) is 3.37. The molecule has 0 amide bonds. The van der Waals surface area contributed by atoms with E-state index in [1.807, 2.05) is 0 Å². The van der Waals surface area contributed by atoms with Crippen LogP contribution in [0.25, 0.3) is 0 Å². The second-order valence-corrected chi connectivity index (χ2v) is 14.3. The van der Waals surface area contributed by atoms with E-state index in [1.165, 1.54) is 13.0 Å². The molecule has 4 heteroatoms. The molecule has 1 N–H and O–H groups in total. The summed E-state index contributed by atoms with van der Waals surface area (Å²) < 4.78 is 6.60. The standard InChI is InChI=1S/C19H36O3Si/c1-14-12-16(22-23(8,9)17(3,4)5)13-18(6,7)19(14,21)11-10-15(2)20/h10-11,14,16,21H,12-13H2,1-9H3/b11-10+/t14-,16+,19+/m0/s1. The van der Waals surface area contributed by atoms with E-state index in [0.29, 0.717) is 0 Å². The maximum Gasteiger partial charge on any atom is 0.192 e. The van der Waals surface area contributed by atoms with Gasteiger partial charge in [-0.1, -0.05) is 41.5 Å². The first-order chi connectivity index (χ1) is 10.1. The van der Waals surface area contributed by atoms with Crippen molar-refractivity contribution in [3.63, 3.8) is 0 Å². The predicted octanol–water partition coefficient (Wildman–Crippen LogP) is 4.71. The molecule has 1 saturated carbocycles. The molecule has 3 nitrogen and oxygen atoms in total. The summed E-state index contributed by atoms with van der Waals surface area (Å²) in [5, 5.41) is 11.4. The summed E-state index contributed by atoms with van der Waals surface area (Å²) in [6.45, 7) is 19.1. The van der Waals surface area contributed by atoms with E-state index in [-0.39, 0.29) is 28.3 Å². The summed E-state index contributed by atoms with van der Waals surface area (Å²) in [5.74, 6) is 0.0256. The van der Waals surface area contributed by atoms with Crippen LogP contribution in [-0.4, -0.2) is 30.9 Å². The molecule has 1 fully saturated rings. The van der Waals surface area contributed by atoms with Gasteiger partial charge in [-0.25, -0.2) is 0 Å². The zero-order valence-corrected chi connectivity index (χ0v) is 17.5. The van der Waals surface area contributed by atoms with E-state index >= 15 is 0 Å². The van der Waals surface area contributed by atoms with Crippen LogP contribution in [0.3, 0.4) is 0 Å². The van der Waals surface area contributed by atoms with Gasteiger partial charge in [0, 0.05) is 6.10 Å². The zero-order chi connectivity index (χ0) is 18.3. The van der Waals surface area contributed by atoms with Crippen LogP contribution < -0.4 is 0 Å². The number of aliphatic hydroxyl groups is 1. The van der Waals surface area contributed by atoms with Gasteiger partial charge in [0.05, 0.1) is 5.60 Å². The number of allylic oxidation sites excluding steroid dienone is 1. The lowest BCUT2D eigenvalue weighted by atomic mass is 9.60. The van der Waals surface area contributed by atoms with Crippen molar-refractivity contribution in [2.45, 2.75) is 91.1 Å². The third-order valence-electron chi connectivity index (χ3n) is 6.03. The van der Waals surface area contributed by atoms with Gasteiger partial charge in [-0.05, 0) is 61.4 Å². The Morgan fingerprint density at radius 3 is 2.22 bits per heavy atom. The first-order valence-corrected chi connectivity index (χ1v) is 11.6. The molecule has 0 aliphatic heterocycles. The van der Waals surface area contributed by atoms with Gasteiger partial charge in [-0.3, -0.25) is 4.79 Å². The fourth-order valence-corrected chi connectivity index (χ4v) is 4.74. The lowest BCUT2D eigenvalue weighted by Crippen LogP contribution is -2.57. The first kappa shape index (κ1) is 20.6. The Labute approximate surface area is 143 Å². The van der Waals surface area contributed by atoms with Crippen LogP contribution in [0.2, 0.25) is 18.1 Å². The summed E-state index contributed by atoms with van der Waals surface area (Å²) in [4.78, 5) is 11.3. The molecule has 3 atom stereocenters. The van der Waals surface area contributed by atoms with Crippen LogP contribution in [0, 0.1) is 11.3 Å². The molecular weight excluding hydrogens is 304 g/mol. The van der Waals surface area contributed by atoms with Crippen molar-refractivity contribution in [1.82, 2.24) is 0 Å². The average Bonchev–Trinajstić information content (AvgIpc) is 2.31. The van der Waals surface area contributed by atoms with Crippen LogP contribution >= 0.6 is 0 Å². The highest BCUT2D eigenvalue weighted by Crippen LogP contribution is 2.50. The van der Waals surface area contributed by atoms with Crippen molar-refractivity contribution in [3.05, 3.63) is 12.2 Å². The molecule has 0 radical (unpaired) electrons. The van der Waals surface area contributed by atoms with Crippen molar-refractivity contribution >= 4 is 14.1 Å². The van der Waals surface area contributed by atoms with E-state index in [2.05, 4.69) is 54.6 Å². The second-order valence-electron chi connectivity index (χ2n) is 9.49. The van der Waals surface area contributed by atoms with Gasteiger partial charge in [0.2, 0.25) is 0 Å². The quantitative estimate of drug-likeness (QED) is 0.595. The summed E-state index contributed by atoms with van der Waals surface area (Å²) in [6.07, 6.45) is 5.03. The Kier molecular flexibility index (Phi) is 5.78. The highest BCUT2D eigenvalue weighted by atomic mass is 28.4. The molecule has 0 unspecified atom stereocenters. The van der Waals surface area contributed by atoms with E-state index in [0.717, 1.165) is 12.8 Å². The molecule has 0 saturated heterocycles. The number of hydrogen-bond donors (Lipinski definition) is 1. The molecule has 0 aromatic carbocycles. The molecule has 0 spiro atoms. The second kappa shape index (κ2) is 6.45. The van der Waals surface area contributed by atoms with Gasteiger partial charge in [0.25, 0.3) is 0 Å². The Bertz CT molecular complexity index is 473. The largest absolute Gasteiger partial charge is 0.414 e. The van der Waals surface area contributed by atoms with Crippen LogP contribution in [0.15, 0.2) is 12.2 Å². The van der Waals surface area contributed by atoms with Gasteiger partial charge < -0.3 is 9.53 Å². The molecule has 1 rings (SSSR count). The third kappa shape index (κ3) is 4.34. The van der Waals surface area contributed by atoms with Gasteiger partial charge in [0.1, 0.15) is 0 Å². The number of carbonyl (C=O) groups excluding carboxylic acids is 1. The minimum absolute atomic E-state index is 0.0268. The minimum atomic E-state index is -1.82. The average molecular weight is 341 g/mol. The number of ketones is 1. The summed E-state index contributed by atoms with van der Waals surface area (Å²) in [7, 11) is -1.82. The maximum atomic E-state index is 11.3. The number of carbonyl (C=O) groups is 1. The topological polar surface area (TPSA) is 46.5 Å². The molecule has 0 aromatic rings. The Morgan fingerprint density at radius 1 is 1.30 bits per heavy atom. The highest BCUT2D eigenvalue weighted by molar-refractivity contribution is 6.74. The van der Waals surface area contributed by atoms with E-state index in [4.69, 9.17) is 4.43 Å². The monoisotopic (exact) mass is 340 g/mol. The van der Waals surface area contributed by atoms with Crippen LogP contribution in [0.5, 0.6) is 0 Å². The third-order valence-corrected chi connectivity index (χ3v) is 10.6. The van der Waals surface area contributed by atoms with Gasteiger partial charge in [-0.2, -0.15) is 0 Å². The van der Waals surface area contributed by atoms with Crippen molar-refractivity contribution in [2.24, 2.45) is 11.3 Å². The predicted molar refractivity (Wildman–Crippen MR) is 99.0 cm³/mol. The van der Waals surface area contributed by atoms with Gasteiger partial charge in [-0.15, -0.1) is 0 Å². The number of hydrogen-bond acceptors (Lipinski definition) is 3. The van der Waals surface area contributed by atoms with Crippen molar-refractivity contribution in [3.8, 4) is 0 Å². The lowest BCUT2D eigenvalue weighted by Gasteiger charge is -2.53. The Hall–Kier alpha value is -0.453. The Morgan fingerprint density at radius 2 is 1.83 bits per heavy atom. The van der Waals surface area contributed by atoms with E-state index < -0.39 is 13.9 Å². The van der Waals surface area contributed by atoms with Crippen LogP contribution in [0.4, 0.5) is 0 Å². The minimum Gasteiger partial charge on any atom is -0.414 e. The molecule has 1 aliphatic carbocycles. The fraction of sp³-hybridized carbons (Fsp3) is 0.842.